The third-order valence-corrected chi connectivity index (χ3v) is 6.15. The first-order chi connectivity index (χ1) is 14.5. The molecule has 0 radical (unpaired) electrons. The van der Waals surface area contributed by atoms with Crippen molar-refractivity contribution in [3.05, 3.63) is 77.9 Å². The predicted octanol–water partition coefficient (Wildman–Crippen LogP) is 6.92. The topological polar surface area (TPSA) is 21.7 Å². The maximum Gasteiger partial charge on any atom is 0.153 e. The first-order valence-electron chi connectivity index (χ1n) is 10.2. The first-order valence-corrected chi connectivity index (χ1v) is 11.0. The van der Waals surface area contributed by atoms with Gasteiger partial charge in [-0.25, -0.2) is 0 Å². The zero-order valence-corrected chi connectivity index (χ0v) is 18.8. The monoisotopic (exact) mass is 417 g/mol. The van der Waals surface area contributed by atoms with Crippen molar-refractivity contribution in [3.63, 3.8) is 0 Å². The van der Waals surface area contributed by atoms with Crippen molar-refractivity contribution in [1.29, 1.82) is 0 Å². The van der Waals surface area contributed by atoms with Crippen molar-refractivity contribution in [2.24, 2.45) is 0 Å². The average molecular weight is 418 g/mol. The fraction of sp³-hybridized carbons (Fsp3) is 0.231. The minimum atomic E-state index is 0.666. The normalized spacial score (nSPS) is 11.2. The van der Waals surface area contributed by atoms with Crippen LogP contribution in [0.5, 0.6) is 17.2 Å². The summed E-state index contributed by atoms with van der Waals surface area (Å²) in [5.74, 6) is 2.58. The van der Waals surface area contributed by atoms with Gasteiger partial charge in [0.05, 0.1) is 4.88 Å². The van der Waals surface area contributed by atoms with Crippen LogP contribution < -0.4 is 9.47 Å². The first kappa shape index (κ1) is 20.5. The quantitative estimate of drug-likeness (QED) is 0.326. The van der Waals surface area contributed by atoms with E-state index in [1.165, 1.54) is 21.4 Å². The summed E-state index contributed by atoms with van der Waals surface area (Å²) in [7, 11) is 4.08. The van der Waals surface area contributed by atoms with Crippen LogP contribution >= 0.6 is 11.3 Å². The van der Waals surface area contributed by atoms with E-state index in [0.29, 0.717) is 6.61 Å². The van der Waals surface area contributed by atoms with Crippen LogP contribution in [0.15, 0.2) is 66.7 Å². The van der Waals surface area contributed by atoms with E-state index in [1.807, 2.05) is 38.4 Å². The molecule has 1 aromatic heterocycles. The Morgan fingerprint density at radius 2 is 1.47 bits per heavy atom. The maximum absolute atomic E-state index is 6.43. The molecule has 0 saturated heterocycles. The van der Waals surface area contributed by atoms with Crippen LogP contribution in [-0.2, 0) is 0 Å². The van der Waals surface area contributed by atoms with E-state index >= 15 is 0 Å². The van der Waals surface area contributed by atoms with Crippen LogP contribution in [0, 0.1) is 13.8 Å². The lowest BCUT2D eigenvalue weighted by atomic mass is 10.1. The number of rotatable bonds is 7. The molecule has 0 unspecified atom stereocenters. The van der Waals surface area contributed by atoms with Crippen molar-refractivity contribution < 1.29 is 9.47 Å². The molecule has 0 spiro atoms. The van der Waals surface area contributed by atoms with Crippen LogP contribution in [0.25, 0.3) is 20.5 Å². The molecule has 0 aliphatic carbocycles. The van der Waals surface area contributed by atoms with Gasteiger partial charge < -0.3 is 14.4 Å². The molecule has 30 heavy (non-hydrogen) atoms. The lowest BCUT2D eigenvalue weighted by Gasteiger charge is -2.12. The second kappa shape index (κ2) is 8.90. The summed E-state index contributed by atoms with van der Waals surface area (Å²) in [5.41, 5.74) is 3.69. The average Bonchev–Trinajstić information content (AvgIpc) is 3.07. The van der Waals surface area contributed by atoms with Crippen LogP contribution in [0.2, 0.25) is 0 Å². The highest BCUT2D eigenvalue weighted by molar-refractivity contribution is 7.22. The Hall–Kier alpha value is -2.82. The van der Waals surface area contributed by atoms with Gasteiger partial charge in [-0.1, -0.05) is 35.9 Å². The standard InChI is InChI=1S/C26H27NO2S/c1-18-5-8-20(9-6-18)26-25(23-14-7-19(2)17-24(23)30-26)29-22-12-10-21(11-13-22)28-16-15-27(3)4/h5-14,17H,15-16H2,1-4H3. The summed E-state index contributed by atoms with van der Waals surface area (Å²) in [6, 6.07) is 23.0. The molecule has 0 amide bonds. The Balaban J connectivity index is 1.64. The Labute approximate surface area is 182 Å². The molecule has 3 nitrogen and oxygen atoms in total. The van der Waals surface area contributed by atoms with E-state index in [9.17, 15) is 0 Å². The van der Waals surface area contributed by atoms with E-state index < -0.39 is 0 Å². The third-order valence-electron chi connectivity index (χ3n) is 4.96. The van der Waals surface area contributed by atoms with Crippen LogP contribution in [0.3, 0.4) is 0 Å². The SMILES string of the molecule is Cc1ccc(-c2sc3cc(C)ccc3c2Oc2ccc(OCCN(C)C)cc2)cc1. The van der Waals surface area contributed by atoms with Crippen molar-refractivity contribution in [3.8, 4) is 27.7 Å². The summed E-state index contributed by atoms with van der Waals surface area (Å²) in [6.45, 7) is 5.79. The molecule has 1 heterocycles. The van der Waals surface area contributed by atoms with Crippen molar-refractivity contribution in [2.45, 2.75) is 13.8 Å². The third kappa shape index (κ3) is 4.66. The lowest BCUT2D eigenvalue weighted by molar-refractivity contribution is 0.261. The zero-order chi connectivity index (χ0) is 21.1. The molecule has 0 saturated carbocycles. The number of aryl methyl sites for hydroxylation is 2. The van der Waals surface area contributed by atoms with Gasteiger partial charge in [-0.2, -0.15) is 0 Å². The van der Waals surface area contributed by atoms with Gasteiger partial charge >= 0.3 is 0 Å². The van der Waals surface area contributed by atoms with Crippen LogP contribution in [-0.4, -0.2) is 32.1 Å². The van der Waals surface area contributed by atoms with Gasteiger partial charge in [0.2, 0.25) is 0 Å². The minimum absolute atomic E-state index is 0.666. The van der Waals surface area contributed by atoms with Gasteiger partial charge in [-0.15, -0.1) is 11.3 Å². The maximum atomic E-state index is 6.43. The van der Waals surface area contributed by atoms with Crippen molar-refractivity contribution in [2.75, 3.05) is 27.2 Å². The van der Waals surface area contributed by atoms with Crippen molar-refractivity contribution in [1.82, 2.24) is 4.90 Å². The number of hydrogen-bond acceptors (Lipinski definition) is 4. The largest absolute Gasteiger partial charge is 0.492 e. The van der Waals surface area contributed by atoms with Crippen molar-refractivity contribution >= 4 is 21.4 Å². The molecule has 0 fully saturated rings. The molecular formula is C26H27NO2S. The smallest absolute Gasteiger partial charge is 0.153 e. The molecule has 0 atom stereocenters. The van der Waals surface area contributed by atoms with Crippen LogP contribution in [0.4, 0.5) is 0 Å². The highest BCUT2D eigenvalue weighted by atomic mass is 32.1. The van der Waals surface area contributed by atoms with Gasteiger partial charge in [-0.05, 0) is 75.5 Å². The Kier molecular flexibility index (Phi) is 6.07. The number of benzene rings is 3. The molecule has 4 heteroatoms. The van der Waals surface area contributed by atoms with E-state index in [-0.39, 0.29) is 0 Å². The molecule has 154 valence electrons. The summed E-state index contributed by atoms with van der Waals surface area (Å²) in [6.07, 6.45) is 0. The highest BCUT2D eigenvalue weighted by Crippen LogP contribution is 2.46. The van der Waals surface area contributed by atoms with Gasteiger partial charge in [-0.3, -0.25) is 0 Å². The van der Waals surface area contributed by atoms with E-state index in [2.05, 4.69) is 61.2 Å². The molecule has 4 aromatic rings. The summed E-state index contributed by atoms with van der Waals surface area (Å²) >= 11 is 1.78. The number of nitrogens with zero attached hydrogens (tertiary/aromatic N) is 1. The fourth-order valence-electron chi connectivity index (χ4n) is 3.24. The second-order valence-corrected chi connectivity index (χ2v) is 8.90. The van der Waals surface area contributed by atoms with E-state index in [0.717, 1.165) is 34.1 Å². The molecule has 3 aromatic carbocycles. The van der Waals surface area contributed by atoms with Crippen LogP contribution in [0.1, 0.15) is 11.1 Å². The predicted molar refractivity (Wildman–Crippen MR) is 127 cm³/mol. The highest BCUT2D eigenvalue weighted by Gasteiger charge is 2.16. The second-order valence-electron chi connectivity index (χ2n) is 7.85. The van der Waals surface area contributed by atoms with Gasteiger partial charge in [0, 0.05) is 16.6 Å². The summed E-state index contributed by atoms with van der Waals surface area (Å²) in [5, 5.41) is 1.15. The Morgan fingerprint density at radius 3 is 2.17 bits per heavy atom. The van der Waals surface area contributed by atoms with Gasteiger partial charge in [0.15, 0.2) is 5.75 Å². The van der Waals surface area contributed by atoms with Gasteiger partial charge in [0.25, 0.3) is 0 Å². The molecule has 0 N–H and O–H groups in total. The molecule has 0 aliphatic heterocycles. The van der Waals surface area contributed by atoms with E-state index in [1.54, 1.807) is 11.3 Å². The lowest BCUT2D eigenvalue weighted by Crippen LogP contribution is -2.19. The molecular weight excluding hydrogens is 390 g/mol. The van der Waals surface area contributed by atoms with Gasteiger partial charge in [0.1, 0.15) is 18.1 Å². The fourth-order valence-corrected chi connectivity index (χ4v) is 4.48. The number of thiophene rings is 1. The number of fused-ring (bicyclic) bond motifs is 1. The minimum Gasteiger partial charge on any atom is -0.492 e. The van der Waals surface area contributed by atoms with E-state index in [4.69, 9.17) is 9.47 Å². The number of likely N-dealkylation sites (N-methyl/N-ethyl adjacent to an activating group) is 1. The number of ether oxygens (including phenoxy) is 2. The molecule has 0 bridgehead atoms. The number of hydrogen-bond donors (Lipinski definition) is 0. The summed E-state index contributed by atoms with van der Waals surface area (Å²) < 4.78 is 13.5. The Bertz CT molecular complexity index is 1130. The zero-order valence-electron chi connectivity index (χ0n) is 17.9. The molecule has 4 rings (SSSR count). The molecule has 0 aliphatic rings. The Morgan fingerprint density at radius 1 is 0.800 bits per heavy atom. The summed E-state index contributed by atoms with van der Waals surface area (Å²) in [4.78, 5) is 3.26.